The van der Waals surface area contributed by atoms with Gasteiger partial charge in [-0.15, -0.1) is 0 Å². The molecule has 0 aliphatic heterocycles. The van der Waals surface area contributed by atoms with E-state index in [9.17, 15) is 9.59 Å². The fraction of sp³-hybridized carbons (Fsp3) is 0.125. The van der Waals surface area contributed by atoms with Gasteiger partial charge in [0.2, 0.25) is 0 Å². The van der Waals surface area contributed by atoms with Crippen molar-refractivity contribution < 1.29 is 9.59 Å². The van der Waals surface area contributed by atoms with Crippen molar-refractivity contribution >= 4 is 34.3 Å². The fourth-order valence-electron chi connectivity index (χ4n) is 1.80. The lowest BCUT2D eigenvalue weighted by molar-refractivity contribution is 0.0903. The topological polar surface area (TPSA) is 46.2 Å². The summed E-state index contributed by atoms with van der Waals surface area (Å²) in [6.45, 7) is 1.96. The number of rotatable bonds is 4. The Morgan fingerprint density at radius 1 is 1.05 bits per heavy atom. The molecule has 0 saturated heterocycles. The van der Waals surface area contributed by atoms with Gasteiger partial charge in [-0.25, -0.2) is 0 Å². The van der Waals surface area contributed by atoms with Crippen molar-refractivity contribution in [2.75, 3.05) is 6.54 Å². The predicted octanol–water partition coefficient (Wildman–Crippen LogP) is 3.21. The van der Waals surface area contributed by atoms with Gasteiger partial charge < -0.3 is 5.32 Å². The zero-order valence-electron chi connectivity index (χ0n) is 11.0. The van der Waals surface area contributed by atoms with Gasteiger partial charge in [-0.3, -0.25) is 9.59 Å². The number of nitrogens with one attached hydrogen (secondary N) is 1. The van der Waals surface area contributed by atoms with E-state index >= 15 is 0 Å². The first-order valence-electron chi connectivity index (χ1n) is 6.21. The molecule has 2 aromatic carbocycles. The number of carbonyl (C=O) groups is 2. The molecule has 0 aliphatic rings. The maximum atomic E-state index is 12.1. The Hall–Kier alpha value is -1.69. The van der Waals surface area contributed by atoms with Crippen molar-refractivity contribution in [3.63, 3.8) is 0 Å². The van der Waals surface area contributed by atoms with Crippen LogP contribution in [-0.2, 0) is 0 Å². The van der Waals surface area contributed by atoms with Crippen LogP contribution in [0.15, 0.2) is 48.5 Å². The molecule has 3 nitrogen and oxygen atoms in total. The van der Waals surface area contributed by atoms with E-state index in [1.807, 2.05) is 25.1 Å². The molecule has 0 aliphatic carbocycles. The number of aryl methyl sites for hydroxylation is 1. The summed E-state index contributed by atoms with van der Waals surface area (Å²) in [6.07, 6.45) is 0. The van der Waals surface area contributed by atoms with E-state index < -0.39 is 0 Å². The number of amides is 1. The van der Waals surface area contributed by atoms with E-state index in [0.29, 0.717) is 11.1 Å². The number of halogens is 1. The van der Waals surface area contributed by atoms with E-state index in [-0.39, 0.29) is 18.2 Å². The van der Waals surface area contributed by atoms with Crippen LogP contribution in [0.1, 0.15) is 26.3 Å². The van der Waals surface area contributed by atoms with Gasteiger partial charge in [-0.05, 0) is 41.1 Å². The fourth-order valence-corrected chi connectivity index (χ4v) is 2.41. The number of benzene rings is 2. The third-order valence-electron chi connectivity index (χ3n) is 2.94. The third-order valence-corrected chi connectivity index (χ3v) is 4.37. The van der Waals surface area contributed by atoms with Gasteiger partial charge in [-0.1, -0.05) is 42.5 Å². The van der Waals surface area contributed by atoms with E-state index in [0.717, 1.165) is 9.13 Å². The van der Waals surface area contributed by atoms with Gasteiger partial charge in [0, 0.05) is 9.13 Å². The van der Waals surface area contributed by atoms with E-state index in [1.165, 1.54) is 0 Å². The number of carbonyl (C=O) groups excluding carboxylic acids is 2. The van der Waals surface area contributed by atoms with Crippen LogP contribution in [0, 0.1) is 10.5 Å². The molecule has 0 atom stereocenters. The average molecular weight is 379 g/mol. The number of hydrogen-bond acceptors (Lipinski definition) is 2. The minimum absolute atomic E-state index is 0.00681. The molecule has 0 heterocycles. The van der Waals surface area contributed by atoms with Crippen LogP contribution in [0.3, 0.4) is 0 Å². The Morgan fingerprint density at radius 3 is 2.45 bits per heavy atom. The Bertz CT molecular complexity index is 638. The highest BCUT2D eigenvalue weighted by Gasteiger charge is 2.12. The maximum absolute atomic E-state index is 12.1. The molecule has 0 unspecified atom stereocenters. The highest BCUT2D eigenvalue weighted by molar-refractivity contribution is 14.1. The molecule has 20 heavy (non-hydrogen) atoms. The Balaban J connectivity index is 2.03. The molecule has 0 fully saturated rings. The second-order valence-corrected chi connectivity index (χ2v) is 5.49. The van der Waals surface area contributed by atoms with E-state index in [1.54, 1.807) is 30.3 Å². The summed E-state index contributed by atoms with van der Waals surface area (Å²) in [4.78, 5) is 24.0. The van der Waals surface area contributed by atoms with Crippen molar-refractivity contribution in [3.05, 3.63) is 68.8 Å². The normalized spacial score (nSPS) is 10.1. The predicted molar refractivity (Wildman–Crippen MR) is 87.0 cm³/mol. The summed E-state index contributed by atoms with van der Waals surface area (Å²) >= 11 is 2.14. The van der Waals surface area contributed by atoms with Crippen LogP contribution < -0.4 is 5.32 Å². The third kappa shape index (κ3) is 3.45. The van der Waals surface area contributed by atoms with Gasteiger partial charge in [0.05, 0.1) is 12.1 Å². The lowest BCUT2D eigenvalue weighted by Gasteiger charge is -2.08. The van der Waals surface area contributed by atoms with Crippen molar-refractivity contribution in [1.29, 1.82) is 0 Å². The minimum atomic E-state index is -0.220. The smallest absolute Gasteiger partial charge is 0.252 e. The molecular weight excluding hydrogens is 365 g/mol. The number of ketones is 1. The first-order chi connectivity index (χ1) is 9.59. The maximum Gasteiger partial charge on any atom is 0.252 e. The summed E-state index contributed by atoms with van der Waals surface area (Å²) in [5.41, 5.74) is 2.26. The lowest BCUT2D eigenvalue weighted by atomic mass is 10.1. The van der Waals surface area contributed by atoms with E-state index in [2.05, 4.69) is 27.9 Å². The van der Waals surface area contributed by atoms with Gasteiger partial charge in [-0.2, -0.15) is 0 Å². The Labute approximate surface area is 131 Å². The number of hydrogen-bond donors (Lipinski definition) is 1. The van der Waals surface area contributed by atoms with Crippen molar-refractivity contribution in [1.82, 2.24) is 5.32 Å². The standard InChI is InChI=1S/C16H14INO2/c1-11-6-5-9-13(15(11)17)16(20)18-10-14(19)12-7-3-2-4-8-12/h2-9H,10H2,1H3,(H,18,20). The van der Waals surface area contributed by atoms with Crippen molar-refractivity contribution in [2.24, 2.45) is 0 Å². The molecule has 1 amide bonds. The highest BCUT2D eigenvalue weighted by Crippen LogP contribution is 2.16. The zero-order valence-corrected chi connectivity index (χ0v) is 13.2. The minimum Gasteiger partial charge on any atom is -0.345 e. The van der Waals surface area contributed by atoms with Crippen LogP contribution in [0.5, 0.6) is 0 Å². The molecular formula is C16H14INO2. The summed E-state index contributed by atoms with van der Waals surface area (Å²) < 4.78 is 0.912. The SMILES string of the molecule is Cc1cccc(C(=O)NCC(=O)c2ccccc2)c1I. The van der Waals surface area contributed by atoms with Gasteiger partial charge in [0.1, 0.15) is 0 Å². The molecule has 0 spiro atoms. The molecule has 102 valence electrons. The molecule has 4 heteroatoms. The first kappa shape index (κ1) is 14.7. The lowest BCUT2D eigenvalue weighted by Crippen LogP contribution is -2.30. The Kier molecular flexibility index (Phi) is 4.89. The van der Waals surface area contributed by atoms with Crippen LogP contribution >= 0.6 is 22.6 Å². The van der Waals surface area contributed by atoms with E-state index in [4.69, 9.17) is 0 Å². The van der Waals surface area contributed by atoms with Gasteiger partial charge >= 0.3 is 0 Å². The summed E-state index contributed by atoms with van der Waals surface area (Å²) in [5, 5.41) is 2.67. The largest absolute Gasteiger partial charge is 0.345 e. The summed E-state index contributed by atoms with van der Waals surface area (Å²) in [5.74, 6) is -0.316. The average Bonchev–Trinajstić information content (AvgIpc) is 2.48. The molecule has 1 N–H and O–H groups in total. The number of Topliss-reactive ketones (excluding diaryl/α,β-unsaturated/α-hetero) is 1. The van der Waals surface area contributed by atoms with Crippen molar-refractivity contribution in [2.45, 2.75) is 6.92 Å². The van der Waals surface area contributed by atoms with Crippen LogP contribution in [0.4, 0.5) is 0 Å². The first-order valence-corrected chi connectivity index (χ1v) is 7.29. The zero-order chi connectivity index (χ0) is 14.5. The van der Waals surface area contributed by atoms with Crippen LogP contribution in [-0.4, -0.2) is 18.2 Å². The molecule has 0 bridgehead atoms. The van der Waals surface area contributed by atoms with Crippen LogP contribution in [0.25, 0.3) is 0 Å². The molecule has 2 aromatic rings. The summed E-state index contributed by atoms with van der Waals surface area (Å²) in [6, 6.07) is 14.5. The quantitative estimate of drug-likeness (QED) is 0.655. The monoisotopic (exact) mass is 379 g/mol. The highest BCUT2D eigenvalue weighted by atomic mass is 127. The second-order valence-electron chi connectivity index (χ2n) is 4.41. The molecule has 2 rings (SSSR count). The molecule has 0 radical (unpaired) electrons. The molecule has 0 saturated carbocycles. The van der Waals surface area contributed by atoms with Gasteiger partial charge in [0.25, 0.3) is 5.91 Å². The van der Waals surface area contributed by atoms with Gasteiger partial charge in [0.15, 0.2) is 5.78 Å². The second kappa shape index (κ2) is 6.65. The van der Waals surface area contributed by atoms with Crippen LogP contribution in [0.2, 0.25) is 0 Å². The Morgan fingerprint density at radius 2 is 1.75 bits per heavy atom. The summed E-state index contributed by atoms with van der Waals surface area (Å²) in [7, 11) is 0. The molecule has 0 aromatic heterocycles. The van der Waals surface area contributed by atoms with Crippen molar-refractivity contribution in [3.8, 4) is 0 Å².